The topological polar surface area (TPSA) is 18.5 Å². The van der Waals surface area contributed by atoms with Gasteiger partial charge in [-0.15, -0.1) is 0 Å². The molecule has 2 aromatic rings. The van der Waals surface area contributed by atoms with Gasteiger partial charge in [0.15, 0.2) is 23.2 Å². The maximum atomic E-state index is 14.7. The van der Waals surface area contributed by atoms with Gasteiger partial charge in [-0.1, -0.05) is 38.0 Å². The van der Waals surface area contributed by atoms with Crippen LogP contribution in [-0.2, 0) is 4.74 Å². The van der Waals surface area contributed by atoms with Crippen molar-refractivity contribution in [1.29, 1.82) is 0 Å². The molecule has 0 aromatic heterocycles. The van der Waals surface area contributed by atoms with Crippen LogP contribution in [-0.4, -0.2) is 19.8 Å². The van der Waals surface area contributed by atoms with Gasteiger partial charge in [0.25, 0.3) is 0 Å². The van der Waals surface area contributed by atoms with Crippen molar-refractivity contribution in [3.63, 3.8) is 0 Å². The fourth-order valence-electron chi connectivity index (χ4n) is 3.65. The Labute approximate surface area is 158 Å². The van der Waals surface area contributed by atoms with Gasteiger partial charge in [0, 0.05) is 11.5 Å². The zero-order chi connectivity index (χ0) is 19.4. The van der Waals surface area contributed by atoms with E-state index < -0.39 is 17.5 Å². The molecule has 0 saturated carbocycles. The van der Waals surface area contributed by atoms with Crippen LogP contribution in [0.3, 0.4) is 0 Å². The fraction of sp³-hybridized carbons (Fsp3) is 0.455. The van der Waals surface area contributed by atoms with Crippen LogP contribution in [0, 0.1) is 17.5 Å². The van der Waals surface area contributed by atoms with Crippen LogP contribution in [0.4, 0.5) is 13.2 Å². The van der Waals surface area contributed by atoms with E-state index in [0.717, 1.165) is 38.2 Å². The summed E-state index contributed by atoms with van der Waals surface area (Å²) >= 11 is 0. The summed E-state index contributed by atoms with van der Waals surface area (Å²) in [5.41, 5.74) is 0.644. The lowest BCUT2D eigenvalue weighted by Gasteiger charge is -2.29. The van der Waals surface area contributed by atoms with Crippen molar-refractivity contribution in [2.75, 3.05) is 13.7 Å². The highest BCUT2D eigenvalue weighted by Crippen LogP contribution is 2.35. The van der Waals surface area contributed by atoms with Crippen LogP contribution >= 0.6 is 0 Å². The predicted octanol–water partition coefficient (Wildman–Crippen LogP) is 6.23. The molecule has 3 rings (SSSR count). The molecule has 1 saturated heterocycles. The van der Waals surface area contributed by atoms with Crippen molar-refractivity contribution < 1.29 is 22.6 Å². The van der Waals surface area contributed by atoms with Gasteiger partial charge in [-0.25, -0.2) is 13.2 Å². The Balaban J connectivity index is 1.79. The second kappa shape index (κ2) is 8.79. The summed E-state index contributed by atoms with van der Waals surface area (Å²) in [6.07, 6.45) is 5.11. The van der Waals surface area contributed by atoms with E-state index in [1.807, 2.05) is 0 Å². The van der Waals surface area contributed by atoms with Gasteiger partial charge in [-0.2, -0.15) is 0 Å². The van der Waals surface area contributed by atoms with E-state index in [0.29, 0.717) is 12.2 Å². The standard InChI is InChI=1S/C22H25F3O2/c1-3-4-5-16-8-6-15(13-27-16)18-10-9-17(21(24)22(18)25)14-7-11-20(26-2)19(23)12-14/h7,9-12,15-16H,3-6,8,13H2,1-2H3. The number of benzene rings is 2. The van der Waals surface area contributed by atoms with Crippen LogP contribution < -0.4 is 4.74 Å². The maximum Gasteiger partial charge on any atom is 0.166 e. The molecule has 0 amide bonds. The number of ether oxygens (including phenoxy) is 2. The van der Waals surface area contributed by atoms with E-state index in [9.17, 15) is 13.2 Å². The Morgan fingerprint density at radius 2 is 1.89 bits per heavy atom. The van der Waals surface area contributed by atoms with E-state index in [-0.39, 0.29) is 28.9 Å². The van der Waals surface area contributed by atoms with Crippen molar-refractivity contribution in [3.8, 4) is 16.9 Å². The Morgan fingerprint density at radius 1 is 1.07 bits per heavy atom. The fourth-order valence-corrected chi connectivity index (χ4v) is 3.65. The van der Waals surface area contributed by atoms with Gasteiger partial charge in [0.1, 0.15) is 0 Å². The molecular formula is C22H25F3O2. The van der Waals surface area contributed by atoms with Crippen molar-refractivity contribution in [2.24, 2.45) is 0 Å². The lowest BCUT2D eigenvalue weighted by atomic mass is 9.88. The molecule has 0 N–H and O–H groups in total. The first-order chi connectivity index (χ1) is 13.0. The average molecular weight is 378 g/mol. The number of hydrogen-bond acceptors (Lipinski definition) is 2. The zero-order valence-electron chi connectivity index (χ0n) is 15.7. The van der Waals surface area contributed by atoms with E-state index in [1.165, 1.54) is 25.3 Å². The first-order valence-corrected chi connectivity index (χ1v) is 9.48. The molecule has 146 valence electrons. The van der Waals surface area contributed by atoms with Gasteiger partial charge in [-0.3, -0.25) is 0 Å². The minimum absolute atomic E-state index is 0.0374. The highest BCUT2D eigenvalue weighted by Gasteiger charge is 2.27. The minimum Gasteiger partial charge on any atom is -0.494 e. The third-order valence-electron chi connectivity index (χ3n) is 5.26. The largest absolute Gasteiger partial charge is 0.494 e. The second-order valence-corrected chi connectivity index (χ2v) is 7.05. The molecule has 0 spiro atoms. The smallest absolute Gasteiger partial charge is 0.166 e. The van der Waals surface area contributed by atoms with Crippen molar-refractivity contribution in [1.82, 2.24) is 0 Å². The third kappa shape index (κ3) is 4.29. The van der Waals surface area contributed by atoms with Crippen molar-refractivity contribution >= 4 is 0 Å². The van der Waals surface area contributed by atoms with E-state index in [4.69, 9.17) is 9.47 Å². The summed E-state index contributed by atoms with van der Waals surface area (Å²) in [5.74, 6) is -2.53. The van der Waals surface area contributed by atoms with Crippen LogP contribution in [0.15, 0.2) is 30.3 Å². The summed E-state index contributed by atoms with van der Waals surface area (Å²) in [5, 5.41) is 0. The molecule has 0 radical (unpaired) electrons. The number of halogens is 3. The van der Waals surface area contributed by atoms with Crippen molar-refractivity contribution in [3.05, 3.63) is 53.3 Å². The summed E-state index contributed by atoms with van der Waals surface area (Å²) < 4.78 is 54.0. The zero-order valence-corrected chi connectivity index (χ0v) is 15.7. The Morgan fingerprint density at radius 3 is 2.52 bits per heavy atom. The average Bonchev–Trinajstić information content (AvgIpc) is 2.69. The van der Waals surface area contributed by atoms with Crippen molar-refractivity contribution in [2.45, 2.75) is 51.0 Å². The number of methoxy groups -OCH3 is 1. The van der Waals surface area contributed by atoms with Crippen LogP contribution in [0.5, 0.6) is 5.75 Å². The van der Waals surface area contributed by atoms with Gasteiger partial charge in [0.05, 0.1) is 19.8 Å². The normalized spacial score (nSPS) is 19.9. The SMILES string of the molecule is CCCCC1CCC(c2ccc(-c3ccc(OC)c(F)c3)c(F)c2F)CO1. The predicted molar refractivity (Wildman–Crippen MR) is 99.5 cm³/mol. The number of rotatable bonds is 6. The molecule has 0 bridgehead atoms. The van der Waals surface area contributed by atoms with Gasteiger partial charge < -0.3 is 9.47 Å². The minimum atomic E-state index is -0.954. The first kappa shape index (κ1) is 19.7. The lowest BCUT2D eigenvalue weighted by molar-refractivity contribution is -0.00258. The summed E-state index contributed by atoms with van der Waals surface area (Å²) in [4.78, 5) is 0. The molecular weight excluding hydrogens is 353 g/mol. The molecule has 1 aliphatic heterocycles. The molecule has 2 nitrogen and oxygen atoms in total. The highest BCUT2D eigenvalue weighted by atomic mass is 19.2. The molecule has 2 unspecified atom stereocenters. The Hall–Kier alpha value is -2.01. The van der Waals surface area contributed by atoms with Gasteiger partial charge >= 0.3 is 0 Å². The molecule has 2 aromatic carbocycles. The summed E-state index contributed by atoms with van der Waals surface area (Å²) in [6.45, 7) is 2.54. The second-order valence-electron chi connectivity index (χ2n) is 7.05. The molecule has 1 aliphatic rings. The lowest BCUT2D eigenvalue weighted by Crippen LogP contribution is -2.25. The van der Waals surface area contributed by atoms with Gasteiger partial charge in [-0.05, 0) is 42.5 Å². The van der Waals surface area contributed by atoms with Gasteiger partial charge in [0.2, 0.25) is 0 Å². The van der Waals surface area contributed by atoms with Crippen LogP contribution in [0.25, 0.3) is 11.1 Å². The first-order valence-electron chi connectivity index (χ1n) is 9.48. The maximum absolute atomic E-state index is 14.7. The molecule has 1 fully saturated rings. The Bertz CT molecular complexity index is 783. The summed E-state index contributed by atoms with van der Waals surface area (Å²) in [7, 11) is 1.35. The van der Waals surface area contributed by atoms with Crippen LogP contribution in [0.1, 0.15) is 50.5 Å². The third-order valence-corrected chi connectivity index (χ3v) is 5.26. The molecule has 5 heteroatoms. The highest BCUT2D eigenvalue weighted by molar-refractivity contribution is 5.66. The Kier molecular flexibility index (Phi) is 6.42. The quantitative estimate of drug-likeness (QED) is 0.593. The van der Waals surface area contributed by atoms with E-state index in [1.54, 1.807) is 6.07 Å². The van der Waals surface area contributed by atoms with Crippen LogP contribution in [0.2, 0.25) is 0 Å². The van der Waals surface area contributed by atoms with E-state index in [2.05, 4.69) is 6.92 Å². The molecule has 2 atom stereocenters. The number of unbranched alkanes of at least 4 members (excludes halogenated alkanes) is 1. The summed E-state index contributed by atoms with van der Waals surface area (Å²) in [6, 6.07) is 7.18. The molecule has 1 heterocycles. The monoisotopic (exact) mass is 378 g/mol. The number of hydrogen-bond donors (Lipinski definition) is 0. The van der Waals surface area contributed by atoms with E-state index >= 15 is 0 Å². The molecule has 0 aliphatic carbocycles. The molecule has 27 heavy (non-hydrogen) atoms.